The standard InChI is InChI=1S/C32H35F2N2/c1-6-12-29(26-15-11-16-28(33)31(26)34)36-30(7-2)35-22-21-27(32(3,4)5)25-19-17-24(18-20-25)23-13-9-8-10-14-23/h2,8-11,13-20,27,29H,3,6,12,21-22H2,1,4-5H3,(H,35,36). The maximum atomic E-state index is 14.4. The van der Waals surface area contributed by atoms with Gasteiger partial charge in [0.05, 0.1) is 6.04 Å². The largest absolute Gasteiger partial charge is 0.356 e. The van der Waals surface area contributed by atoms with Crippen LogP contribution in [0.3, 0.4) is 0 Å². The molecular weight excluding hydrogens is 450 g/mol. The van der Waals surface area contributed by atoms with Crippen LogP contribution in [0.5, 0.6) is 0 Å². The highest BCUT2D eigenvalue weighted by atomic mass is 19.2. The van der Waals surface area contributed by atoms with Crippen LogP contribution in [-0.4, -0.2) is 12.4 Å². The van der Waals surface area contributed by atoms with Gasteiger partial charge in [0.15, 0.2) is 17.5 Å². The summed E-state index contributed by atoms with van der Waals surface area (Å²) in [5, 5.41) is 3.16. The van der Waals surface area contributed by atoms with Crippen LogP contribution >= 0.6 is 0 Å². The minimum Gasteiger partial charge on any atom is -0.356 e. The highest BCUT2D eigenvalue weighted by molar-refractivity contribution is 5.98. The first-order valence-corrected chi connectivity index (χ1v) is 12.5. The molecule has 0 aliphatic heterocycles. The molecule has 187 valence electrons. The molecule has 0 saturated heterocycles. The molecule has 0 heterocycles. The highest BCUT2D eigenvalue weighted by Gasteiger charge is 2.26. The predicted octanol–water partition coefficient (Wildman–Crippen LogP) is 8.13. The Morgan fingerprint density at radius 3 is 2.25 bits per heavy atom. The number of hydrogen-bond acceptors (Lipinski definition) is 1. The van der Waals surface area contributed by atoms with E-state index in [-0.39, 0.29) is 16.9 Å². The molecule has 3 aromatic rings. The highest BCUT2D eigenvalue weighted by Crippen LogP contribution is 2.38. The van der Waals surface area contributed by atoms with Gasteiger partial charge in [0.1, 0.15) is 0 Å². The molecule has 0 amide bonds. The predicted molar refractivity (Wildman–Crippen MR) is 147 cm³/mol. The second-order valence-electron chi connectivity index (χ2n) is 9.82. The summed E-state index contributed by atoms with van der Waals surface area (Å²) in [5.41, 5.74) is 3.59. The van der Waals surface area contributed by atoms with Crippen LogP contribution in [0, 0.1) is 36.3 Å². The first-order valence-electron chi connectivity index (χ1n) is 12.5. The van der Waals surface area contributed by atoms with Crippen LogP contribution in [0.15, 0.2) is 77.8 Å². The molecule has 2 atom stereocenters. The van der Waals surface area contributed by atoms with E-state index >= 15 is 0 Å². The van der Waals surface area contributed by atoms with Crippen LogP contribution in [0.2, 0.25) is 0 Å². The zero-order valence-electron chi connectivity index (χ0n) is 21.4. The number of halogens is 2. The van der Waals surface area contributed by atoms with Crippen molar-refractivity contribution in [2.24, 2.45) is 10.4 Å². The van der Waals surface area contributed by atoms with Crippen molar-refractivity contribution in [3.05, 3.63) is 102 Å². The van der Waals surface area contributed by atoms with Gasteiger partial charge in [-0.25, -0.2) is 8.78 Å². The van der Waals surface area contributed by atoms with Crippen molar-refractivity contribution in [3.63, 3.8) is 0 Å². The fourth-order valence-corrected chi connectivity index (χ4v) is 4.53. The summed E-state index contributed by atoms with van der Waals surface area (Å²) in [6, 6.07) is 22.6. The van der Waals surface area contributed by atoms with Gasteiger partial charge >= 0.3 is 0 Å². The van der Waals surface area contributed by atoms with Crippen molar-refractivity contribution in [2.75, 3.05) is 6.54 Å². The van der Waals surface area contributed by atoms with Crippen LogP contribution in [0.25, 0.3) is 11.1 Å². The molecule has 0 saturated carbocycles. The van der Waals surface area contributed by atoms with Crippen LogP contribution in [0.4, 0.5) is 8.78 Å². The lowest BCUT2D eigenvalue weighted by atomic mass is 9.74. The molecule has 0 spiro atoms. The summed E-state index contributed by atoms with van der Waals surface area (Å²) in [7, 11) is 0. The van der Waals surface area contributed by atoms with E-state index in [1.807, 2.05) is 25.1 Å². The molecule has 1 radical (unpaired) electrons. The lowest BCUT2D eigenvalue weighted by Gasteiger charge is -2.31. The van der Waals surface area contributed by atoms with Crippen molar-refractivity contribution in [3.8, 4) is 23.5 Å². The van der Waals surface area contributed by atoms with Gasteiger partial charge in [-0.2, -0.15) is 0 Å². The van der Waals surface area contributed by atoms with E-state index in [1.54, 1.807) is 6.07 Å². The normalized spacial score (nSPS) is 13.6. The van der Waals surface area contributed by atoms with Gasteiger partial charge in [-0.3, -0.25) is 4.99 Å². The molecule has 0 bridgehead atoms. The number of benzene rings is 3. The first kappa shape index (κ1) is 27.1. The summed E-state index contributed by atoms with van der Waals surface area (Å²) >= 11 is 0. The van der Waals surface area contributed by atoms with Crippen molar-refractivity contribution < 1.29 is 8.78 Å². The minimum absolute atomic E-state index is 0.164. The maximum Gasteiger partial charge on any atom is 0.174 e. The number of terminal acetylenes is 1. The second-order valence-corrected chi connectivity index (χ2v) is 9.82. The van der Waals surface area contributed by atoms with Gasteiger partial charge < -0.3 is 5.32 Å². The lowest BCUT2D eigenvalue weighted by Crippen LogP contribution is -2.29. The van der Waals surface area contributed by atoms with E-state index in [4.69, 9.17) is 6.42 Å². The molecule has 3 aromatic carbocycles. The molecule has 36 heavy (non-hydrogen) atoms. The second kappa shape index (κ2) is 12.5. The van der Waals surface area contributed by atoms with Crippen molar-refractivity contribution in [1.82, 2.24) is 5.32 Å². The number of nitrogens with zero attached hydrogens (tertiary/aromatic N) is 1. The third-order valence-corrected chi connectivity index (χ3v) is 6.43. The van der Waals surface area contributed by atoms with E-state index in [0.717, 1.165) is 18.9 Å². The zero-order valence-corrected chi connectivity index (χ0v) is 21.4. The average Bonchev–Trinajstić information content (AvgIpc) is 2.87. The molecular formula is C32H35F2N2. The van der Waals surface area contributed by atoms with E-state index in [9.17, 15) is 8.78 Å². The maximum absolute atomic E-state index is 14.4. The minimum atomic E-state index is -0.867. The van der Waals surface area contributed by atoms with Crippen LogP contribution in [-0.2, 0) is 0 Å². The van der Waals surface area contributed by atoms with Crippen LogP contribution in [0.1, 0.15) is 63.1 Å². The summed E-state index contributed by atoms with van der Waals surface area (Å²) in [6.07, 6.45) is 7.86. The van der Waals surface area contributed by atoms with Crippen molar-refractivity contribution in [1.29, 1.82) is 0 Å². The fourth-order valence-electron chi connectivity index (χ4n) is 4.53. The molecule has 0 aliphatic rings. The Labute approximate surface area is 214 Å². The third-order valence-electron chi connectivity index (χ3n) is 6.43. The van der Waals surface area contributed by atoms with E-state index in [2.05, 4.69) is 73.4 Å². The van der Waals surface area contributed by atoms with Gasteiger partial charge in [-0.15, -0.1) is 6.42 Å². The smallest absolute Gasteiger partial charge is 0.174 e. The fraction of sp³-hybridized carbons (Fsp3) is 0.312. The quantitative estimate of drug-likeness (QED) is 0.175. The number of amidine groups is 1. The number of hydrogen-bond donors (Lipinski definition) is 1. The van der Waals surface area contributed by atoms with Gasteiger partial charge in [-0.05, 0) is 59.8 Å². The van der Waals surface area contributed by atoms with E-state index in [1.165, 1.54) is 22.8 Å². The monoisotopic (exact) mass is 485 g/mol. The van der Waals surface area contributed by atoms with Gasteiger partial charge in [0.2, 0.25) is 0 Å². The molecule has 1 N–H and O–H groups in total. The Hall–Kier alpha value is -3.45. The Morgan fingerprint density at radius 1 is 0.972 bits per heavy atom. The van der Waals surface area contributed by atoms with Crippen molar-refractivity contribution in [2.45, 2.75) is 52.0 Å². The van der Waals surface area contributed by atoms with E-state index < -0.39 is 17.7 Å². The Morgan fingerprint density at radius 2 is 1.64 bits per heavy atom. The first-order chi connectivity index (χ1) is 17.2. The van der Waals surface area contributed by atoms with Crippen molar-refractivity contribution >= 4 is 5.84 Å². The summed E-state index contributed by atoms with van der Waals surface area (Å²) in [4.78, 5) is 4.61. The summed E-state index contributed by atoms with van der Waals surface area (Å²) in [6.45, 7) is 11.1. The zero-order chi connectivity index (χ0) is 26.1. The summed E-state index contributed by atoms with van der Waals surface area (Å²) < 4.78 is 28.2. The molecule has 0 fully saturated rings. The Kier molecular flexibility index (Phi) is 9.42. The van der Waals surface area contributed by atoms with Gasteiger partial charge in [0.25, 0.3) is 0 Å². The molecule has 2 unspecified atom stereocenters. The van der Waals surface area contributed by atoms with E-state index in [0.29, 0.717) is 18.8 Å². The number of aliphatic imine (C=N–C) groups is 1. The molecule has 0 aromatic heterocycles. The molecule has 2 nitrogen and oxygen atoms in total. The lowest BCUT2D eigenvalue weighted by molar-refractivity contribution is 0.352. The topological polar surface area (TPSA) is 24.4 Å². The third kappa shape index (κ3) is 7.04. The molecule has 3 rings (SSSR count). The summed E-state index contributed by atoms with van der Waals surface area (Å²) in [5.74, 6) is 1.37. The SMILES string of the molecule is C#CC(=NCCC(c1ccc(-c2ccccc2)cc1)C([CH2])(C)C)NC(CCC)c1cccc(F)c1F. The van der Waals surface area contributed by atoms with Crippen LogP contribution < -0.4 is 5.32 Å². The van der Waals surface area contributed by atoms with Gasteiger partial charge in [0, 0.05) is 12.1 Å². The molecule has 4 heteroatoms. The average molecular weight is 486 g/mol. The van der Waals surface area contributed by atoms with Gasteiger partial charge in [-0.1, -0.05) is 93.9 Å². The number of nitrogens with one attached hydrogen (secondary N) is 1. The Balaban J connectivity index is 1.74. The Bertz CT molecular complexity index is 1190. The number of rotatable bonds is 10. The molecule has 0 aliphatic carbocycles.